The van der Waals surface area contributed by atoms with Crippen LogP contribution >= 0.6 is 0 Å². The predicted octanol–water partition coefficient (Wildman–Crippen LogP) is 19.5. The van der Waals surface area contributed by atoms with Crippen molar-refractivity contribution in [2.45, 2.75) is 341 Å². The van der Waals surface area contributed by atoms with Crippen LogP contribution in [0.5, 0.6) is 0 Å². The highest BCUT2D eigenvalue weighted by molar-refractivity contribution is 5.70. The highest BCUT2D eigenvalue weighted by Crippen LogP contribution is 2.18. The van der Waals surface area contributed by atoms with E-state index < -0.39 is 6.10 Å². The normalized spacial score (nSPS) is 12.1. The molecule has 1 unspecified atom stereocenters. The Morgan fingerprint density at radius 2 is 0.578 bits per heavy atom. The molecule has 0 aliphatic carbocycles. The standard InChI is InChI=1S/C59H114O5/c1-3-5-7-9-11-13-15-17-19-21-22-23-24-25-26-27-28-29-30-31-32-33-34-35-36-38-40-42-44-46-48-50-52-54-59(62)64-57(55-60)56-63-58(61)53-51-49-47-45-43-41-39-37-20-18-16-14-12-10-8-6-4-2/h21-22,57,60H,3-20,23-56H2,1-2H3/b22-21-. The molecule has 380 valence electrons. The molecule has 0 bridgehead atoms. The number of allylic oxidation sites excluding steroid dienone is 2. The van der Waals surface area contributed by atoms with Crippen LogP contribution in [0.25, 0.3) is 0 Å². The van der Waals surface area contributed by atoms with Crippen LogP contribution in [-0.2, 0) is 19.1 Å². The van der Waals surface area contributed by atoms with E-state index in [0.29, 0.717) is 12.8 Å². The molecule has 0 amide bonds. The summed E-state index contributed by atoms with van der Waals surface area (Å²) in [6, 6.07) is 0. The Morgan fingerprint density at radius 1 is 0.344 bits per heavy atom. The van der Waals surface area contributed by atoms with E-state index in [2.05, 4.69) is 26.0 Å². The van der Waals surface area contributed by atoms with Gasteiger partial charge in [-0.25, -0.2) is 0 Å². The molecular formula is C59H114O5. The summed E-state index contributed by atoms with van der Waals surface area (Å²) in [6.07, 6.45) is 69.2. The fraction of sp³-hybridized carbons (Fsp3) is 0.932. The molecule has 0 aromatic heterocycles. The first kappa shape index (κ1) is 62.6. The van der Waals surface area contributed by atoms with E-state index in [1.165, 1.54) is 276 Å². The first-order chi connectivity index (χ1) is 31.6. The van der Waals surface area contributed by atoms with Gasteiger partial charge in [-0.1, -0.05) is 296 Å². The van der Waals surface area contributed by atoms with E-state index in [0.717, 1.165) is 32.1 Å². The average molecular weight is 904 g/mol. The summed E-state index contributed by atoms with van der Waals surface area (Å²) < 4.78 is 10.7. The summed E-state index contributed by atoms with van der Waals surface area (Å²) in [5.41, 5.74) is 0. The lowest BCUT2D eigenvalue weighted by atomic mass is 10.0. The molecular weight excluding hydrogens is 789 g/mol. The molecule has 0 spiro atoms. The van der Waals surface area contributed by atoms with Gasteiger partial charge in [0.05, 0.1) is 6.61 Å². The van der Waals surface area contributed by atoms with E-state index in [4.69, 9.17) is 9.47 Å². The SMILES string of the molecule is CCCCCCCCCC/C=C\CCCCCCCCCCCCCCCCCCCCCCCC(=O)OC(CO)COC(=O)CCCCCCCCCCCCCCCCCCC. The number of rotatable bonds is 55. The van der Waals surface area contributed by atoms with Gasteiger partial charge >= 0.3 is 11.9 Å². The van der Waals surface area contributed by atoms with Gasteiger partial charge in [0.25, 0.3) is 0 Å². The maximum absolute atomic E-state index is 12.3. The summed E-state index contributed by atoms with van der Waals surface area (Å²) in [4.78, 5) is 24.5. The third-order valence-corrected chi connectivity index (χ3v) is 13.6. The molecule has 64 heavy (non-hydrogen) atoms. The monoisotopic (exact) mass is 903 g/mol. The van der Waals surface area contributed by atoms with Crippen molar-refractivity contribution in [3.63, 3.8) is 0 Å². The van der Waals surface area contributed by atoms with Crippen molar-refractivity contribution in [1.82, 2.24) is 0 Å². The van der Waals surface area contributed by atoms with Crippen molar-refractivity contribution < 1.29 is 24.2 Å². The predicted molar refractivity (Wildman–Crippen MR) is 279 cm³/mol. The van der Waals surface area contributed by atoms with E-state index in [9.17, 15) is 14.7 Å². The molecule has 0 aliphatic heterocycles. The van der Waals surface area contributed by atoms with E-state index in [1.807, 2.05) is 0 Å². The highest BCUT2D eigenvalue weighted by atomic mass is 16.6. The van der Waals surface area contributed by atoms with E-state index in [1.54, 1.807) is 0 Å². The highest BCUT2D eigenvalue weighted by Gasteiger charge is 2.16. The number of carbonyl (C=O) groups excluding carboxylic acids is 2. The van der Waals surface area contributed by atoms with Gasteiger partial charge in [0.15, 0.2) is 6.10 Å². The van der Waals surface area contributed by atoms with E-state index in [-0.39, 0.29) is 25.2 Å². The van der Waals surface area contributed by atoms with E-state index >= 15 is 0 Å². The molecule has 0 aromatic rings. The minimum Gasteiger partial charge on any atom is -0.462 e. The third kappa shape index (κ3) is 53.3. The average Bonchev–Trinajstić information content (AvgIpc) is 3.30. The molecule has 0 aliphatic rings. The van der Waals surface area contributed by atoms with Gasteiger partial charge in [0.1, 0.15) is 6.61 Å². The number of aliphatic hydroxyl groups is 1. The number of aliphatic hydroxyl groups excluding tert-OH is 1. The summed E-state index contributed by atoms with van der Waals surface area (Å²) in [6.45, 7) is 4.20. The van der Waals surface area contributed by atoms with Crippen molar-refractivity contribution in [2.24, 2.45) is 0 Å². The van der Waals surface area contributed by atoms with Crippen LogP contribution in [0.4, 0.5) is 0 Å². The smallest absolute Gasteiger partial charge is 0.306 e. The van der Waals surface area contributed by atoms with Crippen LogP contribution in [0.15, 0.2) is 12.2 Å². The van der Waals surface area contributed by atoms with Crippen LogP contribution in [0.2, 0.25) is 0 Å². The summed E-state index contributed by atoms with van der Waals surface area (Å²) in [5, 5.41) is 9.64. The molecule has 0 heterocycles. The number of carbonyl (C=O) groups is 2. The lowest BCUT2D eigenvalue weighted by Crippen LogP contribution is -2.28. The molecule has 0 rings (SSSR count). The topological polar surface area (TPSA) is 72.8 Å². The summed E-state index contributed by atoms with van der Waals surface area (Å²) in [5.74, 6) is -0.567. The Kier molecular flexibility index (Phi) is 54.8. The van der Waals surface area contributed by atoms with Crippen molar-refractivity contribution in [3.05, 3.63) is 12.2 Å². The van der Waals surface area contributed by atoms with Gasteiger partial charge in [-0.2, -0.15) is 0 Å². The van der Waals surface area contributed by atoms with Gasteiger partial charge in [-0.3, -0.25) is 9.59 Å². The second-order valence-corrected chi connectivity index (χ2v) is 20.1. The number of esters is 2. The van der Waals surface area contributed by atoms with Crippen LogP contribution in [0.3, 0.4) is 0 Å². The number of ether oxygens (including phenoxy) is 2. The fourth-order valence-electron chi connectivity index (χ4n) is 9.14. The lowest BCUT2D eigenvalue weighted by molar-refractivity contribution is -0.161. The number of unbranched alkanes of at least 4 members (excludes halogenated alkanes) is 45. The Bertz CT molecular complexity index is 932. The van der Waals surface area contributed by atoms with Crippen molar-refractivity contribution in [3.8, 4) is 0 Å². The largest absolute Gasteiger partial charge is 0.462 e. The Morgan fingerprint density at radius 3 is 0.844 bits per heavy atom. The van der Waals surface area contributed by atoms with Gasteiger partial charge in [0, 0.05) is 12.8 Å². The minimum absolute atomic E-state index is 0.0571. The van der Waals surface area contributed by atoms with Gasteiger partial charge in [-0.15, -0.1) is 0 Å². The first-order valence-electron chi connectivity index (χ1n) is 29.2. The quantitative estimate of drug-likeness (QED) is 0.0374. The first-order valence-corrected chi connectivity index (χ1v) is 29.2. The zero-order valence-electron chi connectivity index (χ0n) is 43.6. The zero-order valence-corrected chi connectivity index (χ0v) is 43.6. The van der Waals surface area contributed by atoms with Crippen LogP contribution < -0.4 is 0 Å². The van der Waals surface area contributed by atoms with Gasteiger partial charge in [0.2, 0.25) is 0 Å². The summed E-state index contributed by atoms with van der Waals surface area (Å²) in [7, 11) is 0. The Labute approximate surface area is 401 Å². The van der Waals surface area contributed by atoms with Gasteiger partial charge < -0.3 is 14.6 Å². The molecule has 5 heteroatoms. The second kappa shape index (κ2) is 56.0. The van der Waals surface area contributed by atoms with Crippen molar-refractivity contribution in [1.29, 1.82) is 0 Å². The summed E-state index contributed by atoms with van der Waals surface area (Å²) >= 11 is 0. The van der Waals surface area contributed by atoms with Crippen LogP contribution in [0.1, 0.15) is 335 Å². The molecule has 0 radical (unpaired) electrons. The maximum atomic E-state index is 12.3. The molecule has 0 aromatic carbocycles. The zero-order chi connectivity index (χ0) is 46.3. The lowest BCUT2D eigenvalue weighted by Gasteiger charge is -2.15. The van der Waals surface area contributed by atoms with Crippen molar-refractivity contribution in [2.75, 3.05) is 13.2 Å². The van der Waals surface area contributed by atoms with Gasteiger partial charge in [-0.05, 0) is 38.5 Å². The molecule has 5 nitrogen and oxygen atoms in total. The van der Waals surface area contributed by atoms with Crippen molar-refractivity contribution >= 4 is 11.9 Å². The molecule has 1 atom stereocenters. The number of hydrogen-bond donors (Lipinski definition) is 1. The Balaban J connectivity index is 3.38. The minimum atomic E-state index is -0.765. The number of hydrogen-bond acceptors (Lipinski definition) is 5. The molecule has 0 saturated heterocycles. The molecule has 1 N–H and O–H groups in total. The molecule has 0 saturated carbocycles. The third-order valence-electron chi connectivity index (χ3n) is 13.6. The van der Waals surface area contributed by atoms with Crippen LogP contribution in [0, 0.1) is 0 Å². The maximum Gasteiger partial charge on any atom is 0.306 e. The van der Waals surface area contributed by atoms with Crippen LogP contribution in [-0.4, -0.2) is 36.4 Å². The Hall–Kier alpha value is -1.36. The second-order valence-electron chi connectivity index (χ2n) is 20.1. The fourth-order valence-corrected chi connectivity index (χ4v) is 9.14. The molecule has 0 fully saturated rings.